The minimum absolute atomic E-state index is 0.0616. The van der Waals surface area contributed by atoms with Gasteiger partial charge in [0.25, 0.3) is 5.69 Å². The number of nitrogens with zero attached hydrogens (tertiary/aromatic N) is 4. The maximum atomic E-state index is 13.0. The minimum Gasteiger partial charge on any atom is -0.467 e. The summed E-state index contributed by atoms with van der Waals surface area (Å²) in [5.74, 6) is 0.742. The lowest BCUT2D eigenvalue weighted by molar-refractivity contribution is -0.388. The van der Waals surface area contributed by atoms with E-state index in [9.17, 15) is 18.5 Å². The maximum Gasteiger partial charge on any atom is 0.284 e. The van der Waals surface area contributed by atoms with Crippen LogP contribution in [-0.2, 0) is 16.6 Å². The first-order chi connectivity index (χ1) is 15.4. The summed E-state index contributed by atoms with van der Waals surface area (Å²) in [5.41, 5.74) is -0.272. The number of anilines is 1. The second-order valence-electron chi connectivity index (χ2n) is 7.11. The lowest BCUT2D eigenvalue weighted by Crippen LogP contribution is -2.31. The molecule has 1 fully saturated rings. The highest BCUT2D eigenvalue weighted by Crippen LogP contribution is 2.38. The van der Waals surface area contributed by atoms with Crippen LogP contribution >= 0.6 is 23.1 Å². The van der Waals surface area contributed by atoms with Gasteiger partial charge in [-0.05, 0) is 48.9 Å². The van der Waals surface area contributed by atoms with Crippen molar-refractivity contribution in [2.24, 2.45) is 0 Å². The molecule has 10 nitrogen and oxygen atoms in total. The van der Waals surface area contributed by atoms with E-state index in [-0.39, 0.29) is 10.6 Å². The first-order valence-electron chi connectivity index (χ1n) is 10.00. The molecule has 0 saturated carbocycles. The SMILES string of the molecule is O=[N+]([O-])c1cc(S(=O)(=O)N2CCCCCC2)ccc1Sc1nnc(NCc2ccco2)s1. The van der Waals surface area contributed by atoms with Crippen molar-refractivity contribution in [3.63, 3.8) is 0 Å². The van der Waals surface area contributed by atoms with Crippen molar-refractivity contribution in [3.05, 3.63) is 52.5 Å². The van der Waals surface area contributed by atoms with Crippen LogP contribution < -0.4 is 5.32 Å². The maximum absolute atomic E-state index is 13.0. The summed E-state index contributed by atoms with van der Waals surface area (Å²) < 4.78 is 33.2. The van der Waals surface area contributed by atoms with E-state index in [1.807, 2.05) is 6.07 Å². The molecule has 1 aliphatic heterocycles. The fourth-order valence-electron chi connectivity index (χ4n) is 3.31. The summed E-state index contributed by atoms with van der Waals surface area (Å²) in [5, 5.41) is 23.4. The second kappa shape index (κ2) is 9.98. The molecule has 0 aliphatic carbocycles. The van der Waals surface area contributed by atoms with Crippen LogP contribution in [0.4, 0.5) is 10.8 Å². The molecular weight excluding hydrogens is 474 g/mol. The quantitative estimate of drug-likeness (QED) is 0.357. The van der Waals surface area contributed by atoms with Crippen molar-refractivity contribution in [1.29, 1.82) is 0 Å². The number of sulfonamides is 1. The van der Waals surface area contributed by atoms with Gasteiger partial charge in [-0.15, -0.1) is 10.2 Å². The van der Waals surface area contributed by atoms with Crippen molar-refractivity contribution in [1.82, 2.24) is 14.5 Å². The number of aromatic nitrogens is 2. The van der Waals surface area contributed by atoms with Gasteiger partial charge in [-0.1, -0.05) is 24.2 Å². The van der Waals surface area contributed by atoms with Gasteiger partial charge < -0.3 is 9.73 Å². The predicted octanol–water partition coefficient (Wildman–Crippen LogP) is 4.37. The Morgan fingerprint density at radius 1 is 1.19 bits per heavy atom. The van der Waals surface area contributed by atoms with Crippen molar-refractivity contribution in [3.8, 4) is 0 Å². The van der Waals surface area contributed by atoms with E-state index in [1.165, 1.54) is 27.8 Å². The highest BCUT2D eigenvalue weighted by Gasteiger charge is 2.28. The number of hydrogen-bond donors (Lipinski definition) is 1. The first-order valence-corrected chi connectivity index (χ1v) is 13.1. The Hall–Kier alpha value is -2.48. The molecule has 0 unspecified atom stereocenters. The number of furan rings is 1. The highest BCUT2D eigenvalue weighted by molar-refractivity contribution is 8.01. The van der Waals surface area contributed by atoms with E-state index >= 15 is 0 Å². The molecule has 0 radical (unpaired) electrons. The molecule has 3 aromatic rings. The molecule has 1 aliphatic rings. The Morgan fingerprint density at radius 3 is 2.66 bits per heavy atom. The average molecular weight is 496 g/mol. The van der Waals surface area contributed by atoms with Crippen LogP contribution in [0.1, 0.15) is 31.4 Å². The third kappa shape index (κ3) is 5.28. The van der Waals surface area contributed by atoms with E-state index < -0.39 is 14.9 Å². The van der Waals surface area contributed by atoms with Crippen LogP contribution in [0, 0.1) is 10.1 Å². The van der Waals surface area contributed by atoms with E-state index in [4.69, 9.17) is 4.42 Å². The molecule has 0 bridgehead atoms. The molecule has 3 heterocycles. The van der Waals surface area contributed by atoms with Gasteiger partial charge in [0.1, 0.15) is 5.76 Å². The Labute approximate surface area is 193 Å². The zero-order valence-corrected chi connectivity index (χ0v) is 19.4. The largest absolute Gasteiger partial charge is 0.467 e. The van der Waals surface area contributed by atoms with E-state index in [0.717, 1.165) is 49.3 Å². The molecule has 13 heteroatoms. The lowest BCUT2D eigenvalue weighted by Gasteiger charge is -2.20. The molecule has 0 atom stereocenters. The van der Waals surface area contributed by atoms with Gasteiger partial charge in [0, 0.05) is 19.2 Å². The minimum atomic E-state index is -3.78. The van der Waals surface area contributed by atoms with Gasteiger partial charge in [-0.3, -0.25) is 10.1 Å². The zero-order valence-electron chi connectivity index (χ0n) is 17.0. The zero-order chi connectivity index (χ0) is 22.6. The monoisotopic (exact) mass is 495 g/mol. The number of hydrogen-bond acceptors (Lipinski definition) is 10. The summed E-state index contributed by atoms with van der Waals surface area (Å²) in [6, 6.07) is 7.64. The topological polar surface area (TPSA) is 131 Å². The Balaban J connectivity index is 1.51. The number of nitro benzene ring substituents is 1. The second-order valence-corrected chi connectivity index (χ2v) is 11.3. The van der Waals surface area contributed by atoms with E-state index in [1.54, 1.807) is 12.3 Å². The molecule has 4 rings (SSSR count). The first kappa shape index (κ1) is 22.7. The lowest BCUT2D eigenvalue weighted by atomic mass is 10.2. The third-order valence-corrected chi connectivity index (χ3v) is 8.82. The molecular formula is C19H21N5O5S3. The van der Waals surface area contributed by atoms with Crippen LogP contribution in [0.2, 0.25) is 0 Å². The van der Waals surface area contributed by atoms with Gasteiger partial charge in [-0.25, -0.2) is 8.42 Å². The molecule has 1 aromatic carbocycles. The summed E-state index contributed by atoms with van der Waals surface area (Å²) in [7, 11) is -3.78. The molecule has 0 spiro atoms. The predicted molar refractivity (Wildman–Crippen MR) is 120 cm³/mol. The van der Waals surface area contributed by atoms with Crippen LogP contribution in [0.15, 0.2) is 55.1 Å². The normalized spacial score (nSPS) is 15.4. The molecule has 32 heavy (non-hydrogen) atoms. The van der Waals surface area contributed by atoms with Crippen molar-refractivity contribution >= 4 is 43.9 Å². The van der Waals surface area contributed by atoms with Crippen LogP contribution in [-0.4, -0.2) is 40.9 Å². The Kier molecular flexibility index (Phi) is 7.08. The molecule has 0 amide bonds. The fraction of sp³-hybridized carbons (Fsp3) is 0.368. The fourth-order valence-corrected chi connectivity index (χ4v) is 6.64. The van der Waals surface area contributed by atoms with Crippen molar-refractivity contribution in [2.45, 2.75) is 46.4 Å². The standard InChI is InChI=1S/C19H21N5O5S3/c25-24(26)16-12-15(32(27,28)23-9-3-1-2-4-10-23)7-8-17(16)30-19-22-21-18(31-19)20-13-14-6-5-11-29-14/h5-8,11-12H,1-4,9-10,13H2,(H,20,21). The molecule has 2 aromatic heterocycles. The molecule has 1 N–H and O–H groups in total. The Bertz CT molecular complexity index is 1170. The van der Waals surface area contributed by atoms with Crippen LogP contribution in [0.25, 0.3) is 0 Å². The number of nitro groups is 1. The summed E-state index contributed by atoms with van der Waals surface area (Å²) in [6.07, 6.45) is 5.14. The summed E-state index contributed by atoms with van der Waals surface area (Å²) in [4.78, 5) is 11.4. The smallest absolute Gasteiger partial charge is 0.284 e. The van der Waals surface area contributed by atoms with Crippen molar-refractivity contribution in [2.75, 3.05) is 18.4 Å². The van der Waals surface area contributed by atoms with Crippen molar-refractivity contribution < 1.29 is 17.8 Å². The Morgan fingerprint density at radius 2 is 1.97 bits per heavy atom. The van der Waals surface area contributed by atoms with Crippen LogP contribution in [0.5, 0.6) is 0 Å². The number of rotatable bonds is 8. The van der Waals surface area contributed by atoms with Gasteiger partial charge in [-0.2, -0.15) is 4.31 Å². The van der Waals surface area contributed by atoms with Gasteiger partial charge in [0.05, 0.1) is 27.5 Å². The highest BCUT2D eigenvalue weighted by atomic mass is 32.2. The van der Waals surface area contributed by atoms with Crippen LogP contribution in [0.3, 0.4) is 0 Å². The number of benzene rings is 1. The summed E-state index contributed by atoms with van der Waals surface area (Å²) in [6.45, 7) is 1.31. The molecule has 1 saturated heterocycles. The van der Waals surface area contributed by atoms with Gasteiger partial charge in [0.15, 0.2) is 4.34 Å². The summed E-state index contributed by atoms with van der Waals surface area (Å²) >= 11 is 2.32. The molecule has 170 valence electrons. The number of nitrogens with one attached hydrogen (secondary N) is 1. The average Bonchev–Trinajstić information content (AvgIpc) is 3.37. The third-order valence-electron chi connectivity index (χ3n) is 4.93. The van der Waals surface area contributed by atoms with Gasteiger partial charge in [0.2, 0.25) is 15.2 Å². The van der Waals surface area contributed by atoms with E-state index in [2.05, 4.69) is 15.5 Å². The van der Waals surface area contributed by atoms with Gasteiger partial charge >= 0.3 is 0 Å². The van der Waals surface area contributed by atoms with E-state index in [0.29, 0.717) is 34.0 Å².